The maximum absolute atomic E-state index is 12.6. The normalized spacial score (nSPS) is 18.6. The number of methoxy groups -OCH3 is 1. The molecule has 2 aromatic rings. The quantitative estimate of drug-likeness (QED) is 0.631. The van der Waals surface area contributed by atoms with Gasteiger partial charge in [0.1, 0.15) is 13.2 Å². The molecule has 1 N–H and O–H groups in total. The zero-order chi connectivity index (χ0) is 19.7. The van der Waals surface area contributed by atoms with Crippen molar-refractivity contribution in [3.63, 3.8) is 0 Å². The lowest BCUT2D eigenvalue weighted by atomic mass is 9.95. The Morgan fingerprint density at radius 3 is 2.57 bits per heavy atom. The number of ether oxygens (including phenoxy) is 3. The van der Waals surface area contributed by atoms with Crippen molar-refractivity contribution in [1.29, 1.82) is 0 Å². The van der Waals surface area contributed by atoms with Crippen molar-refractivity contribution in [2.75, 3.05) is 25.2 Å². The van der Waals surface area contributed by atoms with Gasteiger partial charge in [0.05, 0.1) is 24.4 Å². The molecule has 2 aliphatic rings. The number of rotatable bonds is 3. The fraction of sp³-hybridized carbons (Fsp3) is 0.238. The van der Waals surface area contributed by atoms with Gasteiger partial charge in [-0.3, -0.25) is 4.90 Å². The minimum atomic E-state index is -0.399. The van der Waals surface area contributed by atoms with Crippen LogP contribution in [-0.4, -0.2) is 31.4 Å². The third-order valence-electron chi connectivity index (χ3n) is 4.81. The molecule has 0 aromatic heterocycles. The Balaban J connectivity index is 1.80. The van der Waals surface area contributed by atoms with E-state index in [9.17, 15) is 4.79 Å². The van der Waals surface area contributed by atoms with Gasteiger partial charge in [-0.05, 0) is 36.8 Å². The highest BCUT2D eigenvalue weighted by molar-refractivity contribution is 7.80. The first-order chi connectivity index (χ1) is 13.6. The van der Waals surface area contributed by atoms with Crippen molar-refractivity contribution in [3.8, 4) is 11.5 Å². The van der Waals surface area contributed by atoms with Gasteiger partial charge in [-0.1, -0.05) is 30.3 Å². The molecule has 2 heterocycles. The van der Waals surface area contributed by atoms with Crippen LogP contribution in [0.5, 0.6) is 11.5 Å². The molecular formula is C21H20N2O4S. The smallest absolute Gasteiger partial charge is 0.337 e. The van der Waals surface area contributed by atoms with E-state index in [2.05, 4.69) is 5.32 Å². The van der Waals surface area contributed by atoms with Gasteiger partial charge in [-0.25, -0.2) is 4.79 Å². The first-order valence-electron chi connectivity index (χ1n) is 8.94. The van der Waals surface area contributed by atoms with E-state index in [1.54, 1.807) is 0 Å². The topological polar surface area (TPSA) is 60.0 Å². The fourth-order valence-corrected chi connectivity index (χ4v) is 3.86. The van der Waals surface area contributed by atoms with E-state index in [-0.39, 0.29) is 6.04 Å². The molecule has 0 aliphatic carbocycles. The Labute approximate surface area is 168 Å². The van der Waals surface area contributed by atoms with Crippen LogP contribution in [0.15, 0.2) is 59.8 Å². The molecule has 0 bridgehead atoms. The van der Waals surface area contributed by atoms with Crippen LogP contribution in [0.4, 0.5) is 5.69 Å². The van der Waals surface area contributed by atoms with Crippen molar-refractivity contribution in [2.24, 2.45) is 0 Å². The van der Waals surface area contributed by atoms with Crippen LogP contribution in [0, 0.1) is 0 Å². The van der Waals surface area contributed by atoms with Gasteiger partial charge < -0.3 is 19.5 Å². The summed E-state index contributed by atoms with van der Waals surface area (Å²) in [6, 6.07) is 14.9. The number of hydrogen-bond acceptors (Lipinski definition) is 5. The predicted molar refractivity (Wildman–Crippen MR) is 110 cm³/mol. The SMILES string of the molecule is COC(=O)C1=C(C)N(c2ccc3c(c2)OCCO3)C(=S)NC1c1ccccc1. The minimum absolute atomic E-state index is 0.380. The van der Waals surface area contributed by atoms with E-state index in [0.717, 1.165) is 11.3 Å². The number of hydrogen-bond donors (Lipinski definition) is 1. The molecular weight excluding hydrogens is 376 g/mol. The molecule has 144 valence electrons. The van der Waals surface area contributed by atoms with E-state index in [4.69, 9.17) is 26.4 Å². The first-order valence-corrected chi connectivity index (χ1v) is 9.35. The summed E-state index contributed by atoms with van der Waals surface area (Å²) in [5, 5.41) is 3.78. The van der Waals surface area contributed by atoms with Gasteiger partial charge >= 0.3 is 5.97 Å². The summed E-state index contributed by atoms with van der Waals surface area (Å²) in [5.74, 6) is 0.955. The van der Waals surface area contributed by atoms with Crippen LogP contribution in [0.1, 0.15) is 18.5 Å². The van der Waals surface area contributed by atoms with E-state index >= 15 is 0 Å². The van der Waals surface area contributed by atoms with E-state index in [1.807, 2.05) is 60.4 Å². The molecule has 1 atom stereocenters. The molecule has 7 heteroatoms. The van der Waals surface area contributed by atoms with Gasteiger partial charge in [-0.15, -0.1) is 0 Å². The summed E-state index contributed by atoms with van der Waals surface area (Å²) in [7, 11) is 1.38. The molecule has 0 fully saturated rings. The van der Waals surface area contributed by atoms with Crippen molar-refractivity contribution < 1.29 is 19.0 Å². The highest BCUT2D eigenvalue weighted by Gasteiger charge is 2.35. The Morgan fingerprint density at radius 2 is 1.86 bits per heavy atom. The van der Waals surface area contributed by atoms with Gasteiger partial charge in [0.2, 0.25) is 0 Å². The molecule has 0 radical (unpaired) electrons. The maximum atomic E-state index is 12.6. The summed E-state index contributed by atoms with van der Waals surface area (Å²) in [5.41, 5.74) is 2.94. The predicted octanol–water partition coefficient (Wildman–Crippen LogP) is 3.34. The van der Waals surface area contributed by atoms with Gasteiger partial charge in [0.15, 0.2) is 16.6 Å². The third kappa shape index (κ3) is 3.18. The second kappa shape index (κ2) is 7.52. The zero-order valence-corrected chi connectivity index (χ0v) is 16.4. The summed E-state index contributed by atoms with van der Waals surface area (Å²) >= 11 is 5.65. The molecule has 0 saturated heterocycles. The summed E-state index contributed by atoms with van der Waals surface area (Å²) < 4.78 is 16.4. The molecule has 1 unspecified atom stereocenters. The van der Waals surface area contributed by atoms with Crippen molar-refractivity contribution in [3.05, 3.63) is 65.4 Å². The van der Waals surface area contributed by atoms with E-state index in [0.29, 0.717) is 41.1 Å². The second-order valence-electron chi connectivity index (χ2n) is 6.45. The zero-order valence-electron chi connectivity index (χ0n) is 15.6. The van der Waals surface area contributed by atoms with Crippen LogP contribution in [-0.2, 0) is 9.53 Å². The number of thiocarbonyl (C=S) groups is 1. The Kier molecular flexibility index (Phi) is 4.92. The third-order valence-corrected chi connectivity index (χ3v) is 5.11. The first kappa shape index (κ1) is 18.3. The molecule has 2 aromatic carbocycles. The molecule has 28 heavy (non-hydrogen) atoms. The van der Waals surface area contributed by atoms with Crippen molar-refractivity contribution in [2.45, 2.75) is 13.0 Å². The summed E-state index contributed by atoms with van der Waals surface area (Å²) in [6.07, 6.45) is 0. The Hall–Kier alpha value is -3.06. The van der Waals surface area contributed by atoms with Crippen LogP contribution in [0.3, 0.4) is 0 Å². The van der Waals surface area contributed by atoms with Crippen LogP contribution in [0.25, 0.3) is 0 Å². The molecule has 6 nitrogen and oxygen atoms in total. The van der Waals surface area contributed by atoms with Crippen molar-refractivity contribution in [1.82, 2.24) is 5.32 Å². The summed E-state index contributed by atoms with van der Waals surface area (Å²) in [6.45, 7) is 2.89. The number of carbonyl (C=O) groups is 1. The second-order valence-corrected chi connectivity index (χ2v) is 6.83. The standard InChI is InChI=1S/C21H20N2O4S/c1-13-18(20(24)25-2)19(14-6-4-3-5-7-14)22-21(28)23(13)15-8-9-16-17(12-15)27-11-10-26-16/h3-9,12,19H,10-11H2,1-2H3,(H,22,28). The van der Waals surface area contributed by atoms with E-state index < -0.39 is 5.97 Å². The monoisotopic (exact) mass is 396 g/mol. The number of benzene rings is 2. The summed E-state index contributed by atoms with van der Waals surface area (Å²) in [4.78, 5) is 14.5. The Morgan fingerprint density at radius 1 is 1.14 bits per heavy atom. The fourth-order valence-electron chi connectivity index (χ4n) is 3.49. The molecule has 0 saturated carbocycles. The maximum Gasteiger partial charge on any atom is 0.337 e. The van der Waals surface area contributed by atoms with Crippen LogP contribution >= 0.6 is 12.2 Å². The van der Waals surface area contributed by atoms with E-state index in [1.165, 1.54) is 7.11 Å². The number of esters is 1. The largest absolute Gasteiger partial charge is 0.486 e. The lowest BCUT2D eigenvalue weighted by Crippen LogP contribution is -2.48. The van der Waals surface area contributed by atoms with Crippen LogP contribution in [0.2, 0.25) is 0 Å². The average molecular weight is 396 g/mol. The number of nitrogens with one attached hydrogen (secondary N) is 1. The number of anilines is 1. The highest BCUT2D eigenvalue weighted by atomic mass is 32.1. The number of allylic oxidation sites excluding steroid dienone is 1. The van der Waals surface area contributed by atoms with Gasteiger partial charge in [0, 0.05) is 11.8 Å². The Bertz CT molecular complexity index is 958. The highest BCUT2D eigenvalue weighted by Crippen LogP contribution is 2.38. The van der Waals surface area contributed by atoms with Gasteiger partial charge in [0.25, 0.3) is 0 Å². The number of nitrogens with zero attached hydrogens (tertiary/aromatic N) is 1. The lowest BCUT2D eigenvalue weighted by Gasteiger charge is -2.37. The molecule has 0 spiro atoms. The molecule has 0 amide bonds. The van der Waals surface area contributed by atoms with Gasteiger partial charge in [-0.2, -0.15) is 0 Å². The number of carbonyl (C=O) groups excluding carboxylic acids is 1. The molecule has 2 aliphatic heterocycles. The van der Waals surface area contributed by atoms with Crippen LogP contribution < -0.4 is 19.7 Å². The van der Waals surface area contributed by atoms with Crippen molar-refractivity contribution >= 4 is 29.0 Å². The average Bonchev–Trinajstić information content (AvgIpc) is 2.73. The lowest BCUT2D eigenvalue weighted by molar-refractivity contribution is -0.136. The minimum Gasteiger partial charge on any atom is -0.486 e. The molecule has 4 rings (SSSR count). The number of fused-ring (bicyclic) bond motifs is 1.